The van der Waals surface area contributed by atoms with Gasteiger partial charge in [0.05, 0.1) is 4.92 Å². The number of hydrogen-bond donors (Lipinski definition) is 0. The third-order valence-electron chi connectivity index (χ3n) is 1.56. The Morgan fingerprint density at radius 2 is 2.31 bits per heavy atom. The molecule has 0 N–H and O–H groups in total. The Bertz CT molecular complexity index is 480. The summed E-state index contributed by atoms with van der Waals surface area (Å²) in [5.41, 5.74) is 0.698. The number of halogens is 1. The largest absolute Gasteiger partial charge is 0.424 e. The molecule has 6 heteroatoms. The van der Waals surface area contributed by atoms with Crippen molar-refractivity contribution in [2.75, 3.05) is 0 Å². The van der Waals surface area contributed by atoms with Gasteiger partial charge in [-0.2, -0.15) is 0 Å². The fraction of sp³-hybridized carbons (Fsp3) is 0. The van der Waals surface area contributed by atoms with E-state index < -0.39 is 4.92 Å². The number of aromatic nitrogens is 1. The number of non-ortho nitro benzene ring substituents is 1. The number of nitro groups is 1. The molecule has 0 atom stereocenters. The van der Waals surface area contributed by atoms with E-state index in [2.05, 4.69) is 4.98 Å². The van der Waals surface area contributed by atoms with Gasteiger partial charge in [-0.15, -0.1) is 0 Å². The summed E-state index contributed by atoms with van der Waals surface area (Å²) in [5.74, 6) is 0. The Balaban J connectivity index is 2.82. The second-order valence-electron chi connectivity index (χ2n) is 2.35. The lowest BCUT2D eigenvalue weighted by Gasteiger charge is -1.89. The van der Waals surface area contributed by atoms with Crippen molar-refractivity contribution in [1.29, 1.82) is 0 Å². The van der Waals surface area contributed by atoms with Crippen LogP contribution in [-0.2, 0) is 0 Å². The molecule has 0 aliphatic carbocycles. The van der Waals surface area contributed by atoms with Crippen molar-refractivity contribution in [2.45, 2.75) is 0 Å². The van der Waals surface area contributed by atoms with Crippen LogP contribution in [0.4, 0.5) is 5.69 Å². The maximum atomic E-state index is 10.5. The van der Waals surface area contributed by atoms with Gasteiger partial charge < -0.3 is 4.42 Å². The van der Waals surface area contributed by atoms with Gasteiger partial charge in [0, 0.05) is 28.7 Å². The van der Waals surface area contributed by atoms with Gasteiger partial charge in [0.15, 0.2) is 0 Å². The predicted octanol–water partition coefficient (Wildman–Crippen LogP) is 2.34. The van der Waals surface area contributed by atoms with Crippen LogP contribution in [0.2, 0.25) is 0 Å². The molecule has 0 saturated heterocycles. The van der Waals surface area contributed by atoms with Gasteiger partial charge in [0.2, 0.25) is 5.58 Å². The predicted molar refractivity (Wildman–Crippen MR) is 53.4 cm³/mol. The molecular weight excluding hydrogens is 287 g/mol. The average molecular weight is 290 g/mol. The van der Waals surface area contributed by atoms with E-state index in [0.29, 0.717) is 9.41 Å². The summed E-state index contributed by atoms with van der Waals surface area (Å²) in [5, 5.41) is 10.5. The molecular formula is C7H3IN2O3. The van der Waals surface area contributed by atoms with Crippen molar-refractivity contribution in [3.8, 4) is 0 Å². The topological polar surface area (TPSA) is 69.2 Å². The Morgan fingerprint density at radius 1 is 1.54 bits per heavy atom. The first-order valence-electron chi connectivity index (χ1n) is 3.38. The van der Waals surface area contributed by atoms with Crippen LogP contribution in [0, 0.1) is 14.0 Å². The fourth-order valence-electron chi connectivity index (χ4n) is 1.05. The van der Waals surface area contributed by atoms with Gasteiger partial charge in [0.1, 0.15) is 5.52 Å². The second kappa shape index (κ2) is 2.95. The smallest absolute Gasteiger partial charge is 0.313 e. The molecule has 0 aliphatic heterocycles. The van der Waals surface area contributed by atoms with Gasteiger partial charge in [-0.1, -0.05) is 6.07 Å². The zero-order chi connectivity index (χ0) is 9.42. The van der Waals surface area contributed by atoms with E-state index in [1.807, 2.05) is 22.6 Å². The van der Waals surface area contributed by atoms with Crippen molar-refractivity contribution in [1.82, 2.24) is 4.98 Å². The molecule has 0 radical (unpaired) electrons. The molecule has 1 heterocycles. The first-order valence-corrected chi connectivity index (χ1v) is 4.46. The van der Waals surface area contributed by atoms with Crippen molar-refractivity contribution in [3.63, 3.8) is 0 Å². The van der Waals surface area contributed by atoms with Crippen LogP contribution < -0.4 is 0 Å². The monoisotopic (exact) mass is 290 g/mol. The molecule has 0 saturated carbocycles. The van der Waals surface area contributed by atoms with Crippen LogP contribution in [-0.4, -0.2) is 9.91 Å². The molecule has 0 fully saturated rings. The first kappa shape index (κ1) is 8.42. The van der Waals surface area contributed by atoms with E-state index in [1.165, 1.54) is 6.07 Å². The van der Waals surface area contributed by atoms with Crippen LogP contribution in [0.3, 0.4) is 0 Å². The molecule has 0 aliphatic rings. The third kappa shape index (κ3) is 1.37. The van der Waals surface area contributed by atoms with Gasteiger partial charge in [0.25, 0.3) is 3.90 Å². The van der Waals surface area contributed by atoms with Crippen molar-refractivity contribution >= 4 is 39.4 Å². The van der Waals surface area contributed by atoms with Gasteiger partial charge >= 0.3 is 5.69 Å². The van der Waals surface area contributed by atoms with Gasteiger partial charge in [-0.25, -0.2) is 4.98 Å². The SMILES string of the molecule is O=[N+]([O-])c1cccc2nc(I)oc12. The molecule has 0 spiro atoms. The molecule has 1 aromatic heterocycles. The Labute approximate surface area is 86.0 Å². The molecule has 2 rings (SSSR count). The number of hydrogen-bond acceptors (Lipinski definition) is 4. The summed E-state index contributed by atoms with van der Waals surface area (Å²) >= 11 is 1.87. The summed E-state index contributed by atoms with van der Waals surface area (Å²) in [4.78, 5) is 14.0. The quantitative estimate of drug-likeness (QED) is 0.459. The van der Waals surface area contributed by atoms with Crippen LogP contribution in [0.5, 0.6) is 0 Å². The highest BCUT2D eigenvalue weighted by atomic mass is 127. The normalized spacial score (nSPS) is 10.5. The van der Waals surface area contributed by atoms with E-state index >= 15 is 0 Å². The Morgan fingerprint density at radius 3 is 3.00 bits per heavy atom. The second-order valence-corrected chi connectivity index (χ2v) is 3.27. The molecule has 1 aromatic carbocycles. The van der Waals surface area contributed by atoms with Crippen LogP contribution in [0.15, 0.2) is 22.6 Å². The summed E-state index contributed by atoms with van der Waals surface area (Å²) in [7, 11) is 0. The van der Waals surface area contributed by atoms with Crippen molar-refractivity contribution in [2.24, 2.45) is 0 Å². The molecule has 66 valence electrons. The van der Waals surface area contributed by atoms with Gasteiger partial charge in [-0.05, 0) is 6.07 Å². The number of nitro benzene ring substituents is 1. The lowest BCUT2D eigenvalue weighted by Crippen LogP contribution is -1.87. The van der Waals surface area contributed by atoms with E-state index in [0.717, 1.165) is 0 Å². The number of benzene rings is 1. The highest BCUT2D eigenvalue weighted by Crippen LogP contribution is 2.26. The Kier molecular flexibility index (Phi) is 1.91. The molecule has 0 unspecified atom stereocenters. The van der Waals surface area contributed by atoms with Gasteiger partial charge in [-0.3, -0.25) is 10.1 Å². The lowest BCUT2D eigenvalue weighted by molar-refractivity contribution is -0.383. The maximum absolute atomic E-state index is 10.5. The van der Waals surface area contributed by atoms with E-state index in [9.17, 15) is 10.1 Å². The zero-order valence-electron chi connectivity index (χ0n) is 6.23. The summed E-state index contributed by atoms with van der Waals surface area (Å²) in [6, 6.07) is 4.65. The van der Waals surface area contributed by atoms with Crippen molar-refractivity contribution < 1.29 is 9.34 Å². The minimum atomic E-state index is -0.483. The highest BCUT2D eigenvalue weighted by molar-refractivity contribution is 14.1. The Hall–Kier alpha value is -1.18. The molecule has 0 amide bonds. The van der Waals surface area contributed by atoms with E-state index in [4.69, 9.17) is 4.42 Å². The molecule has 13 heavy (non-hydrogen) atoms. The third-order valence-corrected chi connectivity index (χ3v) is 2.03. The summed E-state index contributed by atoms with van der Waals surface area (Å²) < 4.78 is 5.50. The number of fused-ring (bicyclic) bond motifs is 1. The van der Waals surface area contributed by atoms with Crippen LogP contribution in [0.25, 0.3) is 11.1 Å². The number of nitrogens with zero attached hydrogens (tertiary/aromatic N) is 2. The fourth-order valence-corrected chi connectivity index (χ4v) is 1.53. The van der Waals surface area contributed by atoms with Crippen LogP contribution >= 0.6 is 22.6 Å². The standard InChI is InChI=1S/C7H3IN2O3/c8-7-9-4-2-1-3-5(10(11)12)6(4)13-7/h1-3H. The van der Waals surface area contributed by atoms with Crippen LogP contribution in [0.1, 0.15) is 0 Å². The van der Waals surface area contributed by atoms with Crippen molar-refractivity contribution in [3.05, 3.63) is 32.2 Å². The lowest BCUT2D eigenvalue weighted by atomic mass is 10.3. The maximum Gasteiger partial charge on any atom is 0.313 e. The first-order chi connectivity index (χ1) is 6.18. The number of rotatable bonds is 1. The molecule has 0 bridgehead atoms. The minimum Gasteiger partial charge on any atom is -0.424 e. The highest BCUT2D eigenvalue weighted by Gasteiger charge is 2.16. The van der Waals surface area contributed by atoms with E-state index in [1.54, 1.807) is 12.1 Å². The minimum absolute atomic E-state index is 0.0482. The summed E-state index contributed by atoms with van der Waals surface area (Å²) in [6.07, 6.45) is 0. The van der Waals surface area contributed by atoms with E-state index in [-0.39, 0.29) is 11.3 Å². The zero-order valence-corrected chi connectivity index (χ0v) is 8.39. The average Bonchev–Trinajstić information content (AvgIpc) is 2.43. The number of oxazole rings is 1. The number of para-hydroxylation sites is 1. The molecule has 5 nitrogen and oxygen atoms in total. The molecule has 2 aromatic rings. The summed E-state index contributed by atoms with van der Waals surface area (Å²) in [6.45, 7) is 0.